The third-order valence-electron chi connectivity index (χ3n) is 4.75. The summed E-state index contributed by atoms with van der Waals surface area (Å²) in [5, 5.41) is 0. The fourth-order valence-electron chi connectivity index (χ4n) is 3.20. The van der Waals surface area contributed by atoms with Crippen LogP contribution in [0.2, 0.25) is 0 Å². The predicted molar refractivity (Wildman–Crippen MR) is 83.6 cm³/mol. The summed E-state index contributed by atoms with van der Waals surface area (Å²) in [4.78, 5) is 7.54. The highest BCUT2D eigenvalue weighted by atomic mass is 15.2. The fourth-order valence-corrected chi connectivity index (χ4v) is 3.20. The molecule has 3 nitrogen and oxygen atoms in total. The van der Waals surface area contributed by atoms with Crippen LogP contribution in [0.3, 0.4) is 0 Å². The number of piperazine rings is 1. The van der Waals surface area contributed by atoms with Gasteiger partial charge in [-0.15, -0.1) is 0 Å². The summed E-state index contributed by atoms with van der Waals surface area (Å²) in [5.41, 5.74) is 4.56. The Morgan fingerprint density at radius 2 is 1.70 bits per heavy atom. The maximum atomic E-state index is 2.58. The molecule has 3 heteroatoms. The first-order valence-corrected chi connectivity index (χ1v) is 7.87. The second-order valence-corrected chi connectivity index (χ2v) is 6.68. The Labute approximate surface area is 123 Å². The minimum atomic E-state index is 0.642. The van der Waals surface area contributed by atoms with Crippen LogP contribution in [-0.2, 0) is 19.6 Å². The summed E-state index contributed by atoms with van der Waals surface area (Å²) in [7, 11) is 2.22. The standard InChI is InChI=1S/C17H27N3/c1-14(2)20-12-16-5-4-15(10-17(16)13-20)11-19-8-6-18(3)7-9-19/h4-5,10,14H,6-9,11-13H2,1-3H3. The first-order valence-electron chi connectivity index (χ1n) is 7.87. The minimum absolute atomic E-state index is 0.642. The van der Waals surface area contributed by atoms with Crippen LogP contribution in [0.25, 0.3) is 0 Å². The van der Waals surface area contributed by atoms with E-state index in [1.54, 1.807) is 5.56 Å². The zero-order chi connectivity index (χ0) is 14.1. The highest BCUT2D eigenvalue weighted by molar-refractivity contribution is 5.35. The topological polar surface area (TPSA) is 9.72 Å². The summed E-state index contributed by atoms with van der Waals surface area (Å²) >= 11 is 0. The normalized spacial score (nSPS) is 21.6. The van der Waals surface area contributed by atoms with Crippen molar-refractivity contribution in [3.05, 3.63) is 34.9 Å². The Balaban J connectivity index is 1.64. The first kappa shape index (κ1) is 14.1. The van der Waals surface area contributed by atoms with E-state index >= 15 is 0 Å². The molecule has 0 radical (unpaired) electrons. The van der Waals surface area contributed by atoms with Gasteiger partial charge in [-0.2, -0.15) is 0 Å². The summed E-state index contributed by atoms with van der Waals surface area (Å²) in [6.07, 6.45) is 0. The number of likely N-dealkylation sites (N-methyl/N-ethyl adjacent to an activating group) is 1. The molecule has 0 aliphatic carbocycles. The summed E-state index contributed by atoms with van der Waals surface area (Å²) in [5.74, 6) is 0. The van der Waals surface area contributed by atoms with Crippen molar-refractivity contribution in [3.63, 3.8) is 0 Å². The zero-order valence-electron chi connectivity index (χ0n) is 13.1. The molecule has 0 atom stereocenters. The molecule has 1 aromatic carbocycles. The van der Waals surface area contributed by atoms with Crippen LogP contribution in [-0.4, -0.2) is 54.0 Å². The SMILES string of the molecule is CC(C)N1Cc2ccc(CN3CCN(C)CC3)cc2C1. The molecule has 1 aromatic rings. The van der Waals surface area contributed by atoms with Gasteiger partial charge in [0.2, 0.25) is 0 Å². The van der Waals surface area contributed by atoms with Gasteiger partial charge in [0.25, 0.3) is 0 Å². The van der Waals surface area contributed by atoms with Gasteiger partial charge in [0.05, 0.1) is 0 Å². The molecule has 0 spiro atoms. The van der Waals surface area contributed by atoms with Gasteiger partial charge in [0.1, 0.15) is 0 Å². The Hall–Kier alpha value is -0.900. The third-order valence-corrected chi connectivity index (χ3v) is 4.75. The molecule has 0 aromatic heterocycles. The van der Waals surface area contributed by atoms with Crippen molar-refractivity contribution in [2.75, 3.05) is 33.2 Å². The lowest BCUT2D eigenvalue weighted by Gasteiger charge is -2.32. The quantitative estimate of drug-likeness (QED) is 0.835. The van der Waals surface area contributed by atoms with Gasteiger partial charge in [-0.1, -0.05) is 18.2 Å². The van der Waals surface area contributed by atoms with Gasteiger partial charge >= 0.3 is 0 Å². The van der Waals surface area contributed by atoms with Crippen molar-refractivity contribution in [3.8, 4) is 0 Å². The first-order chi connectivity index (χ1) is 9.61. The average molecular weight is 273 g/mol. The van der Waals surface area contributed by atoms with Gasteiger partial charge in [-0.25, -0.2) is 0 Å². The monoisotopic (exact) mass is 273 g/mol. The van der Waals surface area contributed by atoms with Gasteiger partial charge in [0.15, 0.2) is 0 Å². The second kappa shape index (κ2) is 5.84. The lowest BCUT2D eigenvalue weighted by molar-refractivity contribution is 0.148. The van der Waals surface area contributed by atoms with Crippen molar-refractivity contribution in [1.29, 1.82) is 0 Å². The second-order valence-electron chi connectivity index (χ2n) is 6.68. The molecule has 2 heterocycles. The molecule has 0 saturated carbocycles. The largest absolute Gasteiger partial charge is 0.304 e. The number of fused-ring (bicyclic) bond motifs is 1. The van der Waals surface area contributed by atoms with E-state index in [0.717, 1.165) is 19.6 Å². The zero-order valence-corrected chi connectivity index (χ0v) is 13.1. The number of hydrogen-bond acceptors (Lipinski definition) is 3. The number of benzene rings is 1. The summed E-state index contributed by atoms with van der Waals surface area (Å²) in [6.45, 7) is 12.7. The molecule has 1 fully saturated rings. The van der Waals surface area contributed by atoms with Crippen LogP contribution < -0.4 is 0 Å². The van der Waals surface area contributed by atoms with E-state index in [4.69, 9.17) is 0 Å². The number of nitrogens with zero attached hydrogens (tertiary/aromatic N) is 3. The average Bonchev–Trinajstić information content (AvgIpc) is 2.85. The molecule has 0 bridgehead atoms. The molecule has 1 saturated heterocycles. The van der Waals surface area contributed by atoms with Gasteiger partial charge in [-0.05, 0) is 37.6 Å². The van der Waals surface area contributed by atoms with Crippen LogP contribution >= 0.6 is 0 Å². The molecule has 3 rings (SSSR count). The highest BCUT2D eigenvalue weighted by Crippen LogP contribution is 2.26. The Bertz CT molecular complexity index is 461. The van der Waals surface area contributed by atoms with Crippen LogP contribution in [0.5, 0.6) is 0 Å². The van der Waals surface area contributed by atoms with Crippen molar-refractivity contribution in [1.82, 2.24) is 14.7 Å². The maximum absolute atomic E-state index is 2.58. The van der Waals surface area contributed by atoms with Crippen LogP contribution in [0.15, 0.2) is 18.2 Å². The van der Waals surface area contributed by atoms with Crippen LogP contribution in [0.4, 0.5) is 0 Å². The predicted octanol–water partition coefficient (Wildman–Crippen LogP) is 2.16. The van der Waals surface area contributed by atoms with E-state index < -0.39 is 0 Å². The van der Waals surface area contributed by atoms with Gasteiger partial charge < -0.3 is 4.90 Å². The molecule has 110 valence electrons. The Morgan fingerprint density at radius 1 is 1.00 bits per heavy atom. The molecule has 0 unspecified atom stereocenters. The minimum Gasteiger partial charge on any atom is -0.304 e. The lowest BCUT2D eigenvalue weighted by atomic mass is 10.1. The molecule has 2 aliphatic heterocycles. The highest BCUT2D eigenvalue weighted by Gasteiger charge is 2.21. The molecular weight excluding hydrogens is 246 g/mol. The maximum Gasteiger partial charge on any atom is 0.0243 e. The van der Waals surface area contributed by atoms with E-state index in [9.17, 15) is 0 Å². The Morgan fingerprint density at radius 3 is 2.40 bits per heavy atom. The Kier molecular flexibility index (Phi) is 4.11. The number of rotatable bonds is 3. The van der Waals surface area contributed by atoms with Crippen molar-refractivity contribution >= 4 is 0 Å². The van der Waals surface area contributed by atoms with Crippen LogP contribution in [0.1, 0.15) is 30.5 Å². The third kappa shape index (κ3) is 3.05. The van der Waals surface area contributed by atoms with Crippen molar-refractivity contribution in [2.45, 2.75) is 39.5 Å². The van der Waals surface area contributed by atoms with Gasteiger partial charge in [0, 0.05) is 51.9 Å². The van der Waals surface area contributed by atoms with E-state index in [0.29, 0.717) is 6.04 Å². The molecule has 20 heavy (non-hydrogen) atoms. The van der Waals surface area contributed by atoms with Gasteiger partial charge in [-0.3, -0.25) is 9.80 Å². The van der Waals surface area contributed by atoms with E-state index in [2.05, 4.69) is 53.8 Å². The smallest absolute Gasteiger partial charge is 0.0243 e. The molecule has 2 aliphatic rings. The van der Waals surface area contributed by atoms with Crippen molar-refractivity contribution in [2.24, 2.45) is 0 Å². The van der Waals surface area contributed by atoms with E-state index in [1.165, 1.54) is 37.3 Å². The van der Waals surface area contributed by atoms with Crippen molar-refractivity contribution < 1.29 is 0 Å². The lowest BCUT2D eigenvalue weighted by Crippen LogP contribution is -2.43. The molecule has 0 amide bonds. The fraction of sp³-hybridized carbons (Fsp3) is 0.647. The van der Waals surface area contributed by atoms with E-state index in [1.807, 2.05) is 0 Å². The summed E-state index contributed by atoms with van der Waals surface area (Å²) in [6, 6.07) is 7.77. The summed E-state index contributed by atoms with van der Waals surface area (Å²) < 4.78 is 0. The van der Waals surface area contributed by atoms with E-state index in [-0.39, 0.29) is 0 Å². The molecular formula is C17H27N3. The van der Waals surface area contributed by atoms with Crippen LogP contribution in [0, 0.1) is 0 Å². The molecule has 0 N–H and O–H groups in total. The number of hydrogen-bond donors (Lipinski definition) is 0.